The van der Waals surface area contributed by atoms with Crippen molar-refractivity contribution in [1.29, 1.82) is 0 Å². The van der Waals surface area contributed by atoms with Gasteiger partial charge in [0.05, 0.1) is 37.3 Å². The first-order valence-corrected chi connectivity index (χ1v) is 9.55. The van der Waals surface area contributed by atoms with Crippen LogP contribution in [0.2, 0.25) is 0 Å². The molecule has 2 heterocycles. The van der Waals surface area contributed by atoms with Crippen molar-refractivity contribution in [3.63, 3.8) is 0 Å². The van der Waals surface area contributed by atoms with Crippen molar-refractivity contribution < 1.29 is 32.2 Å². The molecule has 29 heavy (non-hydrogen) atoms. The molecule has 1 aliphatic rings. The van der Waals surface area contributed by atoms with E-state index >= 15 is 0 Å². The van der Waals surface area contributed by atoms with E-state index in [1.807, 2.05) is 0 Å². The van der Waals surface area contributed by atoms with Gasteiger partial charge in [-0.25, -0.2) is 4.79 Å². The van der Waals surface area contributed by atoms with Crippen molar-refractivity contribution in [1.82, 2.24) is 9.47 Å². The van der Waals surface area contributed by atoms with Crippen LogP contribution in [0.3, 0.4) is 0 Å². The van der Waals surface area contributed by atoms with Crippen molar-refractivity contribution in [3.8, 4) is 0 Å². The minimum Gasteiger partial charge on any atom is -0.466 e. The summed E-state index contributed by atoms with van der Waals surface area (Å²) in [5, 5.41) is 0.438. The van der Waals surface area contributed by atoms with E-state index in [1.54, 1.807) is 24.5 Å². The number of alkyl halides is 3. The molecule has 0 radical (unpaired) electrons. The van der Waals surface area contributed by atoms with Crippen LogP contribution in [0.1, 0.15) is 37.1 Å². The van der Waals surface area contributed by atoms with E-state index in [0.29, 0.717) is 29.6 Å². The maximum absolute atomic E-state index is 13.7. The molecule has 1 aromatic heterocycles. The van der Waals surface area contributed by atoms with Crippen molar-refractivity contribution in [3.05, 3.63) is 35.0 Å². The number of aryl methyl sites for hydroxylation is 1. The molecule has 0 bridgehead atoms. The van der Waals surface area contributed by atoms with Crippen LogP contribution in [-0.2, 0) is 40.0 Å². The number of benzene rings is 1. The molecule has 0 saturated heterocycles. The molecule has 0 atom stereocenters. The molecule has 3 rings (SSSR count). The molecule has 0 spiro atoms. The molecule has 0 fully saturated rings. The van der Waals surface area contributed by atoms with Gasteiger partial charge < -0.3 is 18.9 Å². The van der Waals surface area contributed by atoms with Gasteiger partial charge in [0.25, 0.3) is 0 Å². The minimum atomic E-state index is -4.54. The first-order valence-electron chi connectivity index (χ1n) is 9.55. The first-order chi connectivity index (χ1) is 13.8. The smallest absolute Gasteiger partial charge is 0.418 e. The van der Waals surface area contributed by atoms with E-state index < -0.39 is 23.8 Å². The fraction of sp³-hybridized carbons (Fsp3) is 0.500. The second kappa shape index (κ2) is 8.34. The third kappa shape index (κ3) is 4.18. The number of esters is 1. The zero-order valence-electron chi connectivity index (χ0n) is 16.3. The summed E-state index contributed by atoms with van der Waals surface area (Å²) in [5.74, 6) is -0.462. The molecule has 2 aromatic rings. The highest BCUT2D eigenvalue weighted by molar-refractivity contribution is 5.89. The summed E-state index contributed by atoms with van der Waals surface area (Å²) in [5.41, 5.74) is 0.659. The van der Waals surface area contributed by atoms with Crippen LogP contribution in [-0.4, -0.2) is 41.3 Å². The summed E-state index contributed by atoms with van der Waals surface area (Å²) < 4.78 is 52.6. The highest BCUT2D eigenvalue weighted by Crippen LogP contribution is 2.39. The van der Waals surface area contributed by atoms with Gasteiger partial charge in [-0.05, 0) is 19.9 Å². The van der Waals surface area contributed by atoms with Crippen LogP contribution < -0.4 is 0 Å². The largest absolute Gasteiger partial charge is 0.466 e. The highest BCUT2D eigenvalue weighted by atomic mass is 19.4. The van der Waals surface area contributed by atoms with Gasteiger partial charge in [0, 0.05) is 36.2 Å². The number of aromatic nitrogens is 1. The number of hydrogen-bond donors (Lipinski definition) is 0. The van der Waals surface area contributed by atoms with E-state index in [1.165, 1.54) is 11.0 Å². The maximum Gasteiger partial charge on any atom is 0.418 e. The van der Waals surface area contributed by atoms with E-state index in [-0.39, 0.29) is 38.2 Å². The summed E-state index contributed by atoms with van der Waals surface area (Å²) in [6.07, 6.45) is -4.68. The average Bonchev–Trinajstić information content (AvgIpc) is 2.99. The number of carbonyl (C=O) groups excluding carboxylic acids is 2. The summed E-state index contributed by atoms with van der Waals surface area (Å²) in [7, 11) is 0. The van der Waals surface area contributed by atoms with Gasteiger partial charge in [-0.2, -0.15) is 13.2 Å². The van der Waals surface area contributed by atoms with Gasteiger partial charge in [0.2, 0.25) is 0 Å². The quantitative estimate of drug-likeness (QED) is 0.693. The van der Waals surface area contributed by atoms with Gasteiger partial charge in [-0.1, -0.05) is 12.1 Å². The summed E-state index contributed by atoms with van der Waals surface area (Å²) in [6, 6.07) is 4.03. The number of ether oxygens (including phenoxy) is 2. The molecule has 1 aromatic carbocycles. The van der Waals surface area contributed by atoms with Crippen molar-refractivity contribution >= 4 is 23.0 Å². The lowest BCUT2D eigenvalue weighted by Gasteiger charge is -2.27. The fourth-order valence-corrected chi connectivity index (χ4v) is 3.79. The average molecular weight is 412 g/mol. The van der Waals surface area contributed by atoms with E-state index in [4.69, 9.17) is 9.47 Å². The Labute approximate surface area is 166 Å². The third-order valence-corrected chi connectivity index (χ3v) is 4.95. The lowest BCUT2D eigenvalue weighted by atomic mass is 10.0. The highest BCUT2D eigenvalue weighted by Gasteiger charge is 2.36. The molecule has 0 aliphatic carbocycles. The maximum atomic E-state index is 13.7. The molecule has 6 nitrogen and oxygen atoms in total. The number of amides is 1. The van der Waals surface area contributed by atoms with Gasteiger partial charge in [-0.15, -0.1) is 0 Å². The Morgan fingerprint density at radius 3 is 2.52 bits per heavy atom. The fourth-order valence-electron chi connectivity index (χ4n) is 3.79. The number of carbonyl (C=O) groups is 2. The van der Waals surface area contributed by atoms with Crippen LogP contribution in [0, 0.1) is 0 Å². The van der Waals surface area contributed by atoms with Crippen LogP contribution in [0.25, 0.3) is 10.9 Å². The molecule has 9 heteroatoms. The predicted molar refractivity (Wildman–Crippen MR) is 99.3 cm³/mol. The van der Waals surface area contributed by atoms with E-state index in [2.05, 4.69) is 0 Å². The number of halogens is 3. The monoisotopic (exact) mass is 412 g/mol. The Hall–Kier alpha value is -2.71. The number of fused-ring (bicyclic) bond motifs is 3. The molecule has 1 amide bonds. The number of rotatable bonds is 5. The Morgan fingerprint density at radius 2 is 1.86 bits per heavy atom. The zero-order chi connectivity index (χ0) is 21.2. The van der Waals surface area contributed by atoms with E-state index in [0.717, 1.165) is 6.07 Å². The topological polar surface area (TPSA) is 60.8 Å². The Balaban J connectivity index is 2.08. The summed E-state index contributed by atoms with van der Waals surface area (Å²) in [4.78, 5) is 25.4. The van der Waals surface area contributed by atoms with Gasteiger partial charge in [-0.3, -0.25) is 4.79 Å². The standard InChI is InChI=1S/C20H23F3N2O4/c1-3-28-17(26)9-11-25-16-8-10-24(19(27)29-4-2)12-14(16)13-6-5-7-15(18(13)25)20(21,22)23/h5-7H,3-4,8-12H2,1-2H3. The predicted octanol–water partition coefficient (Wildman–Crippen LogP) is 4.13. The lowest BCUT2D eigenvalue weighted by molar-refractivity contribution is -0.143. The molecule has 0 N–H and O–H groups in total. The molecular formula is C20H23F3N2O4. The summed E-state index contributed by atoms with van der Waals surface area (Å²) in [6.45, 7) is 4.40. The number of nitrogens with zero attached hydrogens (tertiary/aromatic N) is 2. The zero-order valence-corrected chi connectivity index (χ0v) is 16.3. The van der Waals surface area contributed by atoms with Crippen molar-refractivity contribution in [2.75, 3.05) is 19.8 Å². The first kappa shape index (κ1) is 21.0. The SMILES string of the molecule is CCOC(=O)CCn1c2c(c3cccc(C(F)(F)F)c31)CN(C(=O)OCC)CC2. The number of para-hydroxylation sites is 1. The molecule has 0 unspecified atom stereocenters. The Morgan fingerprint density at radius 1 is 1.14 bits per heavy atom. The second-order valence-electron chi connectivity index (χ2n) is 6.70. The van der Waals surface area contributed by atoms with Crippen LogP contribution in [0.15, 0.2) is 18.2 Å². The Kier molecular flexibility index (Phi) is 6.04. The van der Waals surface area contributed by atoms with Crippen LogP contribution in [0.4, 0.5) is 18.0 Å². The van der Waals surface area contributed by atoms with Gasteiger partial charge >= 0.3 is 18.2 Å². The second-order valence-corrected chi connectivity index (χ2v) is 6.70. The minimum absolute atomic E-state index is 0.0299. The molecule has 1 aliphatic heterocycles. The van der Waals surface area contributed by atoms with E-state index in [9.17, 15) is 22.8 Å². The summed E-state index contributed by atoms with van der Waals surface area (Å²) >= 11 is 0. The normalized spacial score (nSPS) is 14.0. The van der Waals surface area contributed by atoms with Crippen molar-refractivity contribution in [2.24, 2.45) is 0 Å². The third-order valence-electron chi connectivity index (χ3n) is 4.95. The van der Waals surface area contributed by atoms with Crippen LogP contribution in [0.5, 0.6) is 0 Å². The molecular weight excluding hydrogens is 389 g/mol. The molecule has 0 saturated carbocycles. The van der Waals surface area contributed by atoms with Crippen LogP contribution >= 0.6 is 0 Å². The molecule has 158 valence electrons. The van der Waals surface area contributed by atoms with Gasteiger partial charge in [0.1, 0.15) is 0 Å². The van der Waals surface area contributed by atoms with Crippen molar-refractivity contribution in [2.45, 2.75) is 46.0 Å². The number of hydrogen-bond acceptors (Lipinski definition) is 4. The lowest BCUT2D eigenvalue weighted by Crippen LogP contribution is -2.36. The Bertz CT molecular complexity index is 921. The van der Waals surface area contributed by atoms with Gasteiger partial charge in [0.15, 0.2) is 0 Å².